The molecule has 1 aliphatic heterocycles. The highest BCUT2D eigenvalue weighted by atomic mass is 32.2. The highest BCUT2D eigenvalue weighted by Crippen LogP contribution is 2.48. The van der Waals surface area contributed by atoms with Gasteiger partial charge in [0.1, 0.15) is 30.8 Å². The van der Waals surface area contributed by atoms with Gasteiger partial charge in [0, 0.05) is 6.42 Å². The van der Waals surface area contributed by atoms with Crippen molar-refractivity contribution in [1.29, 1.82) is 0 Å². The maximum Gasteiger partial charge on any atom is 0.326 e. The number of allylic oxidation sites excluding steroid dienone is 1. The van der Waals surface area contributed by atoms with Gasteiger partial charge >= 0.3 is 5.97 Å². The summed E-state index contributed by atoms with van der Waals surface area (Å²) in [7, 11) is 0. The Balaban J connectivity index is 1.34. The van der Waals surface area contributed by atoms with Crippen molar-refractivity contribution in [3.8, 4) is 0 Å². The summed E-state index contributed by atoms with van der Waals surface area (Å²) in [6, 6.07) is 37.3. The summed E-state index contributed by atoms with van der Waals surface area (Å²) in [6.45, 7) is 4.59. The molecular formula is C45H50N4O6S. The highest BCUT2D eigenvalue weighted by Gasteiger charge is 2.37. The van der Waals surface area contributed by atoms with Crippen LogP contribution in [0.4, 0.5) is 0 Å². The molecule has 0 aromatic heterocycles. The molecule has 1 fully saturated rings. The third-order valence-corrected chi connectivity index (χ3v) is 11.1. The number of rotatable bonds is 11. The molecule has 0 bridgehead atoms. The zero-order valence-electron chi connectivity index (χ0n) is 32.0. The van der Waals surface area contributed by atoms with Crippen LogP contribution in [-0.4, -0.2) is 66.1 Å². The van der Waals surface area contributed by atoms with Crippen LogP contribution in [0.3, 0.4) is 0 Å². The summed E-state index contributed by atoms with van der Waals surface area (Å²) in [5.74, 6) is -2.65. The Hall–Kier alpha value is -5.68. The Morgan fingerprint density at radius 1 is 0.714 bits per heavy atom. The van der Waals surface area contributed by atoms with Gasteiger partial charge in [0.05, 0.1) is 11.2 Å². The van der Waals surface area contributed by atoms with Crippen molar-refractivity contribution >= 4 is 41.4 Å². The standard InChI is InChI=1S/C45H50N4O6S/c1-31(2)41-44(54)46-30-40(51)55-37(29-39(50)47-32(3)42(52)48-38(43(53)49-41)28-33-18-8-4-9-19-33)26-16-17-27-56-45(34-20-10-5-11-21-34,35-22-12-6-13-23-35)36-24-14-7-15-25-36/h4-16,18-26,31-32,37-38,41H,17,27-30H2,1-3H3,(H,46,54)(H,47,50)(H,48,52)(H,49,53)/b26-16+/t32-,37+,38-,41+/m0/s1. The molecule has 0 unspecified atom stereocenters. The fourth-order valence-electron chi connectivity index (χ4n) is 6.62. The lowest BCUT2D eigenvalue weighted by molar-refractivity contribution is -0.148. The molecule has 4 atom stereocenters. The summed E-state index contributed by atoms with van der Waals surface area (Å²) in [4.78, 5) is 66.5. The molecule has 0 aliphatic carbocycles. The third-order valence-electron chi connectivity index (χ3n) is 9.50. The first-order valence-corrected chi connectivity index (χ1v) is 19.9. The normalized spacial score (nSPS) is 20.5. The number of amides is 4. The molecule has 1 saturated heterocycles. The fraction of sp³-hybridized carbons (Fsp3) is 0.311. The number of hydrogen-bond acceptors (Lipinski definition) is 7. The average Bonchev–Trinajstić information content (AvgIpc) is 3.21. The summed E-state index contributed by atoms with van der Waals surface area (Å²) >= 11 is 1.79. The van der Waals surface area contributed by atoms with E-state index in [0.29, 0.717) is 12.2 Å². The van der Waals surface area contributed by atoms with Crippen molar-refractivity contribution in [2.75, 3.05) is 12.3 Å². The lowest BCUT2D eigenvalue weighted by Gasteiger charge is -2.35. The molecule has 1 heterocycles. The van der Waals surface area contributed by atoms with E-state index in [9.17, 15) is 24.0 Å². The Labute approximate surface area is 333 Å². The number of carbonyl (C=O) groups excluding carboxylic acids is 5. The van der Waals surface area contributed by atoms with Gasteiger partial charge in [-0.25, -0.2) is 0 Å². The van der Waals surface area contributed by atoms with Crippen LogP contribution in [0.2, 0.25) is 0 Å². The molecule has 4 N–H and O–H groups in total. The van der Waals surface area contributed by atoms with Crippen LogP contribution in [0.15, 0.2) is 133 Å². The summed E-state index contributed by atoms with van der Waals surface area (Å²) in [5, 5.41) is 10.8. The molecule has 0 saturated carbocycles. The van der Waals surface area contributed by atoms with Crippen LogP contribution < -0.4 is 21.3 Å². The molecule has 4 aromatic carbocycles. The van der Waals surface area contributed by atoms with Gasteiger partial charge in [-0.3, -0.25) is 24.0 Å². The topological polar surface area (TPSA) is 143 Å². The Morgan fingerprint density at radius 3 is 1.79 bits per heavy atom. The molecule has 56 heavy (non-hydrogen) atoms. The van der Waals surface area contributed by atoms with Gasteiger partial charge in [-0.15, -0.1) is 11.8 Å². The number of hydrogen-bond donors (Lipinski definition) is 4. The second kappa shape index (κ2) is 20.3. The van der Waals surface area contributed by atoms with Crippen LogP contribution in [-0.2, 0) is 39.9 Å². The Bertz CT molecular complexity index is 1850. The minimum atomic E-state index is -1.03. The Kier molecular flexibility index (Phi) is 15.0. The van der Waals surface area contributed by atoms with Gasteiger partial charge in [0.25, 0.3) is 0 Å². The molecule has 0 spiro atoms. The molecule has 1 aliphatic rings. The minimum absolute atomic E-state index is 0.159. The van der Waals surface area contributed by atoms with Gasteiger partial charge in [-0.1, -0.05) is 141 Å². The van der Waals surface area contributed by atoms with Gasteiger partial charge in [0.2, 0.25) is 23.6 Å². The third kappa shape index (κ3) is 11.2. The molecule has 292 valence electrons. The zero-order valence-corrected chi connectivity index (χ0v) is 32.8. The molecular weight excluding hydrogens is 725 g/mol. The van der Waals surface area contributed by atoms with E-state index in [1.807, 2.05) is 91.0 Å². The van der Waals surface area contributed by atoms with Gasteiger partial charge < -0.3 is 26.0 Å². The maximum absolute atomic E-state index is 13.5. The van der Waals surface area contributed by atoms with Crippen LogP contribution in [0, 0.1) is 5.92 Å². The van der Waals surface area contributed by atoms with Crippen LogP contribution in [0.25, 0.3) is 0 Å². The number of nitrogens with one attached hydrogen (secondary N) is 4. The quantitative estimate of drug-likeness (QED) is 0.0687. The van der Waals surface area contributed by atoms with E-state index in [1.165, 1.54) is 6.92 Å². The lowest BCUT2D eigenvalue weighted by Crippen LogP contribution is -2.58. The number of benzene rings is 4. The second-order valence-electron chi connectivity index (χ2n) is 14.1. The number of esters is 1. The number of carbonyl (C=O) groups is 5. The van der Waals surface area contributed by atoms with E-state index in [2.05, 4.69) is 57.7 Å². The van der Waals surface area contributed by atoms with Crippen LogP contribution >= 0.6 is 11.8 Å². The SMILES string of the molecule is CC(C)[C@H]1NC(=O)[C@H](Cc2ccccc2)NC(=O)[C@H](C)NC(=O)C[C@@H](/C=C/CCSC(c2ccccc2)(c2ccccc2)c2ccccc2)OC(=O)CNC1=O. The van der Waals surface area contributed by atoms with Crippen molar-refractivity contribution in [2.24, 2.45) is 5.92 Å². The maximum atomic E-state index is 13.5. The van der Waals surface area contributed by atoms with Crippen LogP contribution in [0.1, 0.15) is 55.9 Å². The number of ether oxygens (including phenoxy) is 1. The first kappa shape index (κ1) is 41.5. The zero-order chi connectivity index (χ0) is 39.9. The van der Waals surface area contributed by atoms with E-state index in [0.717, 1.165) is 22.3 Å². The monoisotopic (exact) mass is 774 g/mol. The minimum Gasteiger partial charge on any atom is -0.456 e. The van der Waals surface area contributed by atoms with Crippen molar-refractivity contribution in [3.63, 3.8) is 0 Å². The smallest absolute Gasteiger partial charge is 0.326 e. The first-order valence-electron chi connectivity index (χ1n) is 18.9. The summed E-state index contributed by atoms with van der Waals surface area (Å²) in [6.07, 6.45) is 3.08. The van der Waals surface area contributed by atoms with Crippen molar-refractivity contribution in [1.82, 2.24) is 21.3 Å². The first-order chi connectivity index (χ1) is 27.1. The van der Waals surface area contributed by atoms with Gasteiger partial charge in [-0.2, -0.15) is 0 Å². The van der Waals surface area contributed by atoms with Gasteiger partial charge in [-0.05, 0) is 53.3 Å². The molecule has 4 aromatic rings. The lowest BCUT2D eigenvalue weighted by atomic mass is 9.84. The van der Waals surface area contributed by atoms with Crippen molar-refractivity contribution in [2.45, 2.75) is 69.0 Å². The summed E-state index contributed by atoms with van der Waals surface area (Å²) < 4.78 is 5.19. The van der Waals surface area contributed by atoms with E-state index < -0.39 is 65.1 Å². The van der Waals surface area contributed by atoms with Crippen molar-refractivity contribution in [3.05, 3.63) is 156 Å². The predicted molar refractivity (Wildman–Crippen MR) is 219 cm³/mol. The highest BCUT2D eigenvalue weighted by molar-refractivity contribution is 8.00. The molecule has 0 radical (unpaired) electrons. The number of cyclic esters (lactones) is 1. The van der Waals surface area contributed by atoms with Crippen LogP contribution in [0.5, 0.6) is 0 Å². The molecule has 4 amide bonds. The second-order valence-corrected chi connectivity index (χ2v) is 15.4. The predicted octanol–water partition coefficient (Wildman–Crippen LogP) is 5.46. The van der Waals surface area contributed by atoms with E-state index in [1.54, 1.807) is 31.7 Å². The average molecular weight is 775 g/mol. The molecule has 5 rings (SSSR count). The summed E-state index contributed by atoms with van der Waals surface area (Å²) in [5.41, 5.74) is 4.22. The van der Waals surface area contributed by atoms with E-state index in [4.69, 9.17) is 4.74 Å². The van der Waals surface area contributed by atoms with E-state index in [-0.39, 0.29) is 18.8 Å². The van der Waals surface area contributed by atoms with Gasteiger partial charge in [0.15, 0.2) is 0 Å². The van der Waals surface area contributed by atoms with E-state index >= 15 is 0 Å². The Morgan fingerprint density at radius 2 is 1.25 bits per heavy atom. The number of thioether (sulfide) groups is 1. The largest absolute Gasteiger partial charge is 0.456 e. The molecule has 10 nitrogen and oxygen atoms in total. The van der Waals surface area contributed by atoms with Crippen molar-refractivity contribution < 1.29 is 28.7 Å². The fourth-order valence-corrected chi connectivity index (χ4v) is 8.09. The molecule has 11 heteroatoms.